The molecule has 2 bridgehead atoms. The number of carbonyl (C=O) groups is 3. The standard InChI is InChI=1S/C23H23ClN6O5/c24-16-7-3-4-11(27-16)9-26-23(35)19-13-8-15(31)20(21(13)33)30(19)17(32)10-29-14-6-2-1-5-12(14)18(28-29)22(25)34/h1-7,13,15,19-21,31,33H,8-10H2,(H2,25,34)(H,26,35)/t13-,15-,19?,20-,21-/m0/s1. The molecule has 3 aromatic rings. The van der Waals surface area contributed by atoms with E-state index >= 15 is 0 Å². The summed E-state index contributed by atoms with van der Waals surface area (Å²) in [5.74, 6) is -2.35. The van der Waals surface area contributed by atoms with Gasteiger partial charge in [-0.1, -0.05) is 35.9 Å². The molecule has 12 heteroatoms. The third-order valence-corrected chi connectivity index (χ3v) is 6.88. The second-order valence-electron chi connectivity index (χ2n) is 8.75. The molecule has 11 nitrogen and oxygen atoms in total. The van der Waals surface area contributed by atoms with Gasteiger partial charge in [-0.05, 0) is 24.6 Å². The molecule has 2 fully saturated rings. The number of primary amides is 1. The third-order valence-electron chi connectivity index (χ3n) is 6.67. The van der Waals surface area contributed by atoms with Crippen molar-refractivity contribution in [1.29, 1.82) is 0 Å². The molecule has 35 heavy (non-hydrogen) atoms. The van der Waals surface area contributed by atoms with Crippen LogP contribution in [-0.2, 0) is 22.7 Å². The fourth-order valence-electron chi connectivity index (χ4n) is 5.21. The fourth-order valence-corrected chi connectivity index (χ4v) is 5.39. The van der Waals surface area contributed by atoms with Gasteiger partial charge in [0.1, 0.15) is 17.7 Å². The number of hydrogen-bond acceptors (Lipinski definition) is 7. The molecule has 0 spiro atoms. The molecule has 5 atom stereocenters. The number of nitrogens with zero attached hydrogens (tertiary/aromatic N) is 4. The van der Waals surface area contributed by atoms with Crippen molar-refractivity contribution in [2.45, 2.75) is 43.8 Å². The van der Waals surface area contributed by atoms with Crippen molar-refractivity contribution in [3.05, 3.63) is 59.0 Å². The Morgan fingerprint density at radius 1 is 1.14 bits per heavy atom. The summed E-state index contributed by atoms with van der Waals surface area (Å²) in [6, 6.07) is 9.95. The number of para-hydroxylation sites is 1. The van der Waals surface area contributed by atoms with E-state index in [4.69, 9.17) is 17.3 Å². The normalized spacial score (nSPS) is 25.2. The van der Waals surface area contributed by atoms with Crippen LogP contribution in [0, 0.1) is 5.92 Å². The van der Waals surface area contributed by atoms with E-state index in [0.29, 0.717) is 16.6 Å². The highest BCUT2D eigenvalue weighted by Crippen LogP contribution is 2.43. The largest absolute Gasteiger partial charge is 0.391 e. The first-order valence-electron chi connectivity index (χ1n) is 11.1. The predicted octanol–water partition coefficient (Wildman–Crippen LogP) is -0.179. The number of halogens is 1. The van der Waals surface area contributed by atoms with E-state index in [1.807, 2.05) is 0 Å². The van der Waals surface area contributed by atoms with Crippen LogP contribution in [0.5, 0.6) is 0 Å². The minimum atomic E-state index is -1.05. The first kappa shape index (κ1) is 23.2. The SMILES string of the molecule is NC(=O)c1nn(CC(=O)N2C(C(=O)NCc3cccc(Cl)n3)[C@@H]3C[C@H](O)[C@H]2[C@H]3O)c2ccccc12. The average molecular weight is 499 g/mol. The number of likely N-dealkylation sites (tertiary alicyclic amines) is 1. The Balaban J connectivity index is 1.41. The number of nitrogens with one attached hydrogen (secondary N) is 1. The van der Waals surface area contributed by atoms with Crippen LogP contribution in [-0.4, -0.2) is 71.9 Å². The molecule has 3 amide bonds. The number of nitrogens with two attached hydrogens (primary N) is 1. The molecular formula is C23H23ClN6O5. The summed E-state index contributed by atoms with van der Waals surface area (Å²) in [5.41, 5.74) is 6.53. The summed E-state index contributed by atoms with van der Waals surface area (Å²) in [7, 11) is 0. The zero-order chi connectivity index (χ0) is 24.9. The van der Waals surface area contributed by atoms with Crippen LogP contribution in [0.3, 0.4) is 0 Å². The third kappa shape index (κ3) is 4.01. The minimum absolute atomic E-state index is 0.0275. The van der Waals surface area contributed by atoms with Gasteiger partial charge in [-0.3, -0.25) is 19.1 Å². The van der Waals surface area contributed by atoms with Crippen LogP contribution in [0.4, 0.5) is 0 Å². The highest BCUT2D eigenvalue weighted by Gasteiger charge is 2.61. The van der Waals surface area contributed by atoms with Crippen molar-refractivity contribution in [2.24, 2.45) is 11.7 Å². The zero-order valence-electron chi connectivity index (χ0n) is 18.4. The van der Waals surface area contributed by atoms with Crippen molar-refractivity contribution < 1.29 is 24.6 Å². The number of aliphatic hydroxyl groups is 2. The summed E-state index contributed by atoms with van der Waals surface area (Å²) in [5, 5.41) is 28.9. The molecule has 1 saturated heterocycles. The molecule has 1 aromatic carbocycles. The Kier molecular flexibility index (Phi) is 5.91. The second-order valence-corrected chi connectivity index (χ2v) is 9.14. The highest BCUT2D eigenvalue weighted by molar-refractivity contribution is 6.29. The summed E-state index contributed by atoms with van der Waals surface area (Å²) < 4.78 is 1.34. The number of hydrogen-bond donors (Lipinski definition) is 4. The van der Waals surface area contributed by atoms with Crippen molar-refractivity contribution in [1.82, 2.24) is 25.0 Å². The smallest absolute Gasteiger partial charge is 0.269 e. The van der Waals surface area contributed by atoms with Crippen molar-refractivity contribution in [2.75, 3.05) is 0 Å². The van der Waals surface area contributed by atoms with Gasteiger partial charge >= 0.3 is 0 Å². The van der Waals surface area contributed by atoms with Gasteiger partial charge in [-0.25, -0.2) is 4.98 Å². The average Bonchev–Trinajstić information content (AvgIpc) is 3.43. The number of carbonyl (C=O) groups excluding carboxylic acids is 3. The number of aliphatic hydroxyl groups excluding tert-OH is 2. The van der Waals surface area contributed by atoms with Crippen molar-refractivity contribution in [3.8, 4) is 0 Å². The van der Waals surface area contributed by atoms with E-state index in [2.05, 4.69) is 15.4 Å². The maximum absolute atomic E-state index is 13.5. The van der Waals surface area contributed by atoms with E-state index in [-0.39, 0.29) is 30.4 Å². The maximum atomic E-state index is 13.5. The summed E-state index contributed by atoms with van der Waals surface area (Å²) in [6.07, 6.45) is -1.82. The molecule has 1 saturated carbocycles. The predicted molar refractivity (Wildman–Crippen MR) is 124 cm³/mol. The summed E-state index contributed by atoms with van der Waals surface area (Å²) in [4.78, 5) is 43.9. The Morgan fingerprint density at radius 2 is 1.91 bits per heavy atom. The number of pyridine rings is 1. The van der Waals surface area contributed by atoms with E-state index in [9.17, 15) is 24.6 Å². The van der Waals surface area contributed by atoms with Crippen LogP contribution in [0.15, 0.2) is 42.5 Å². The summed E-state index contributed by atoms with van der Waals surface area (Å²) in [6.45, 7) is -0.226. The quantitative estimate of drug-likeness (QED) is 0.342. The number of piperidine rings is 1. The monoisotopic (exact) mass is 498 g/mol. The van der Waals surface area contributed by atoms with Crippen molar-refractivity contribution in [3.63, 3.8) is 0 Å². The van der Waals surface area contributed by atoms with Gasteiger partial charge in [0, 0.05) is 11.3 Å². The van der Waals surface area contributed by atoms with Gasteiger partial charge in [0.25, 0.3) is 5.91 Å². The zero-order valence-corrected chi connectivity index (χ0v) is 19.2. The first-order chi connectivity index (χ1) is 16.8. The number of benzene rings is 1. The Labute approximate surface area is 204 Å². The number of aromatic nitrogens is 3. The van der Waals surface area contributed by atoms with Gasteiger partial charge < -0.3 is 26.2 Å². The molecule has 182 valence electrons. The Hall–Kier alpha value is -3.54. The van der Waals surface area contributed by atoms with Gasteiger partial charge in [-0.15, -0.1) is 0 Å². The molecule has 1 aliphatic carbocycles. The molecule has 1 unspecified atom stereocenters. The van der Waals surface area contributed by atoms with Crippen LogP contribution < -0.4 is 11.1 Å². The van der Waals surface area contributed by atoms with E-state index in [0.717, 1.165) is 0 Å². The summed E-state index contributed by atoms with van der Waals surface area (Å²) >= 11 is 5.90. The number of fused-ring (bicyclic) bond motifs is 3. The molecule has 1 aliphatic heterocycles. The molecule has 2 aromatic heterocycles. The minimum Gasteiger partial charge on any atom is -0.391 e. The lowest BCUT2D eigenvalue weighted by Crippen LogP contribution is -2.57. The highest BCUT2D eigenvalue weighted by atomic mass is 35.5. The molecule has 5 rings (SSSR count). The molecule has 3 heterocycles. The van der Waals surface area contributed by atoms with Gasteiger partial charge in [0.05, 0.1) is 36.0 Å². The molecule has 0 radical (unpaired) electrons. The van der Waals surface area contributed by atoms with E-state index < -0.39 is 47.9 Å². The van der Waals surface area contributed by atoms with Gasteiger partial charge in [0.15, 0.2) is 5.69 Å². The molecule has 5 N–H and O–H groups in total. The van der Waals surface area contributed by atoms with E-state index in [1.165, 1.54) is 9.58 Å². The fraction of sp³-hybridized carbons (Fsp3) is 0.348. The number of amides is 3. The van der Waals surface area contributed by atoms with Crippen LogP contribution in [0.2, 0.25) is 5.15 Å². The van der Waals surface area contributed by atoms with Crippen LogP contribution in [0.1, 0.15) is 22.6 Å². The number of rotatable bonds is 6. The topological polar surface area (TPSA) is 164 Å². The Bertz CT molecular complexity index is 1330. The van der Waals surface area contributed by atoms with Crippen LogP contribution >= 0.6 is 11.6 Å². The Morgan fingerprint density at radius 3 is 2.66 bits per heavy atom. The lowest BCUT2D eigenvalue weighted by Gasteiger charge is -2.36. The maximum Gasteiger partial charge on any atom is 0.269 e. The first-order valence-corrected chi connectivity index (χ1v) is 11.5. The van der Waals surface area contributed by atoms with Crippen molar-refractivity contribution >= 4 is 40.2 Å². The van der Waals surface area contributed by atoms with Crippen LogP contribution in [0.25, 0.3) is 10.9 Å². The second kappa shape index (κ2) is 8.91. The van der Waals surface area contributed by atoms with Gasteiger partial charge in [0.2, 0.25) is 11.8 Å². The molecule has 2 aliphatic rings. The lowest BCUT2D eigenvalue weighted by molar-refractivity contribution is -0.147. The van der Waals surface area contributed by atoms with E-state index in [1.54, 1.807) is 42.5 Å². The van der Waals surface area contributed by atoms with Gasteiger partial charge in [-0.2, -0.15) is 5.10 Å². The molecular weight excluding hydrogens is 476 g/mol. The lowest BCUT2D eigenvalue weighted by atomic mass is 9.95.